The largest absolute Gasteiger partial charge is 0.346 e. The van der Waals surface area contributed by atoms with Crippen molar-refractivity contribution in [2.75, 3.05) is 19.6 Å². The van der Waals surface area contributed by atoms with E-state index in [4.69, 9.17) is 0 Å². The number of piperidine rings is 3. The number of nitrogens with one attached hydrogen (secondary N) is 2. The Balaban J connectivity index is 1.51. The normalized spacial score (nSPS) is 32.2. The fraction of sp³-hybridized carbons (Fsp3) is 0.500. The Morgan fingerprint density at radius 2 is 2.21 bits per heavy atom. The van der Waals surface area contributed by atoms with E-state index in [1.807, 2.05) is 12.3 Å². The van der Waals surface area contributed by atoms with Crippen LogP contribution in [0.2, 0.25) is 0 Å². The van der Waals surface area contributed by atoms with Crippen molar-refractivity contribution in [1.29, 1.82) is 0 Å². The second kappa shape index (κ2) is 7.88. The number of carbonyl (C=O) groups is 1. The molecule has 0 saturated carbocycles. The first-order valence-corrected chi connectivity index (χ1v) is 11.0. The van der Waals surface area contributed by atoms with Crippen LogP contribution in [-0.2, 0) is 4.79 Å². The van der Waals surface area contributed by atoms with Gasteiger partial charge in [0.25, 0.3) is 0 Å². The van der Waals surface area contributed by atoms with Crippen LogP contribution in [0, 0.1) is 11.8 Å². The summed E-state index contributed by atoms with van der Waals surface area (Å²) in [6.45, 7) is 7.15. The van der Waals surface area contributed by atoms with Gasteiger partial charge in [-0.15, -0.1) is 6.58 Å². The van der Waals surface area contributed by atoms with Crippen LogP contribution >= 0.6 is 0 Å². The highest BCUT2D eigenvalue weighted by Crippen LogP contribution is 2.42. The third-order valence-electron chi connectivity index (χ3n) is 7.23. The minimum atomic E-state index is -0.0673. The fourth-order valence-corrected chi connectivity index (χ4v) is 5.66. The monoisotopic (exact) mass is 390 g/mol. The molecule has 4 aliphatic heterocycles. The van der Waals surface area contributed by atoms with E-state index in [2.05, 4.69) is 57.4 Å². The lowest BCUT2D eigenvalue weighted by Crippen LogP contribution is -2.58. The van der Waals surface area contributed by atoms with E-state index in [-0.39, 0.29) is 18.0 Å². The first kappa shape index (κ1) is 18.8. The summed E-state index contributed by atoms with van der Waals surface area (Å²) in [5, 5.41) is 7.95. The van der Waals surface area contributed by atoms with Gasteiger partial charge in [-0.1, -0.05) is 24.3 Å². The molecule has 5 heteroatoms. The lowest BCUT2D eigenvalue weighted by molar-refractivity contribution is -0.124. The first-order valence-electron chi connectivity index (χ1n) is 11.0. The van der Waals surface area contributed by atoms with Gasteiger partial charge in [0.05, 0.1) is 17.6 Å². The van der Waals surface area contributed by atoms with E-state index in [1.54, 1.807) is 0 Å². The molecular formula is C24H30N4O. The van der Waals surface area contributed by atoms with E-state index in [0.717, 1.165) is 49.8 Å². The number of hydrogen-bond donors (Lipinski definition) is 2. The van der Waals surface area contributed by atoms with Gasteiger partial charge in [-0.05, 0) is 68.3 Å². The molecule has 0 aliphatic carbocycles. The summed E-state index contributed by atoms with van der Waals surface area (Å²) in [4.78, 5) is 20.2. The summed E-state index contributed by atoms with van der Waals surface area (Å²) in [6, 6.07) is 10.6. The van der Waals surface area contributed by atoms with E-state index < -0.39 is 0 Å². The van der Waals surface area contributed by atoms with Gasteiger partial charge < -0.3 is 10.6 Å². The van der Waals surface area contributed by atoms with Crippen LogP contribution in [-0.4, -0.2) is 47.5 Å². The minimum absolute atomic E-state index is 0.0219. The van der Waals surface area contributed by atoms with Gasteiger partial charge in [0.1, 0.15) is 0 Å². The number of aromatic nitrogens is 1. The number of fused-ring (bicyclic) bond motifs is 4. The van der Waals surface area contributed by atoms with Crippen molar-refractivity contribution < 1.29 is 4.79 Å². The zero-order valence-corrected chi connectivity index (χ0v) is 16.9. The molecular weight excluding hydrogens is 360 g/mol. The summed E-state index contributed by atoms with van der Waals surface area (Å²) < 4.78 is 0. The molecule has 2 aromatic rings. The number of amides is 1. The molecule has 6 atom stereocenters. The molecule has 4 aliphatic rings. The topological polar surface area (TPSA) is 57.3 Å². The van der Waals surface area contributed by atoms with Crippen LogP contribution in [0.5, 0.6) is 0 Å². The molecule has 1 amide bonds. The van der Waals surface area contributed by atoms with Crippen molar-refractivity contribution >= 4 is 16.8 Å². The van der Waals surface area contributed by atoms with Gasteiger partial charge in [0, 0.05) is 24.2 Å². The van der Waals surface area contributed by atoms with E-state index >= 15 is 0 Å². The smallest absolute Gasteiger partial charge is 0.237 e. The molecule has 152 valence electrons. The highest BCUT2D eigenvalue weighted by Gasteiger charge is 2.43. The Labute approximate surface area is 172 Å². The van der Waals surface area contributed by atoms with E-state index in [0.29, 0.717) is 17.9 Å². The van der Waals surface area contributed by atoms with Gasteiger partial charge >= 0.3 is 0 Å². The van der Waals surface area contributed by atoms with Gasteiger partial charge in [-0.3, -0.25) is 14.7 Å². The van der Waals surface area contributed by atoms with Crippen molar-refractivity contribution in [2.24, 2.45) is 11.8 Å². The summed E-state index contributed by atoms with van der Waals surface area (Å²) in [6.07, 6.45) is 8.34. The zero-order chi connectivity index (χ0) is 19.8. The van der Waals surface area contributed by atoms with Crippen LogP contribution in [0.1, 0.15) is 37.3 Å². The summed E-state index contributed by atoms with van der Waals surface area (Å²) in [5.74, 6) is 1.37. The number of para-hydroxylation sites is 1. The molecule has 1 aromatic carbocycles. The maximum absolute atomic E-state index is 13.1. The zero-order valence-electron chi connectivity index (χ0n) is 16.9. The summed E-state index contributed by atoms with van der Waals surface area (Å²) >= 11 is 0. The van der Waals surface area contributed by atoms with Crippen LogP contribution in [0.15, 0.2) is 49.2 Å². The third kappa shape index (κ3) is 3.47. The lowest BCUT2D eigenvalue weighted by Gasteiger charge is -2.51. The molecule has 4 fully saturated rings. The number of benzene rings is 1. The Bertz CT molecular complexity index is 901. The van der Waals surface area contributed by atoms with E-state index in [1.165, 1.54) is 12.0 Å². The molecule has 29 heavy (non-hydrogen) atoms. The van der Waals surface area contributed by atoms with Gasteiger partial charge in [-0.25, -0.2) is 0 Å². The number of rotatable bonds is 5. The summed E-state index contributed by atoms with van der Waals surface area (Å²) in [7, 11) is 0. The molecule has 3 unspecified atom stereocenters. The number of nitrogens with zero attached hydrogens (tertiary/aromatic N) is 2. The average molecular weight is 391 g/mol. The van der Waals surface area contributed by atoms with Crippen molar-refractivity contribution in [2.45, 2.75) is 43.8 Å². The SMILES string of the molecule is C=CC1CN2CCC1C[C@H]2[C@@H](NC(=O)[C@@H]1CCCN1)c1ccnc2ccccc12. The molecule has 0 radical (unpaired) electrons. The third-order valence-corrected chi connectivity index (χ3v) is 7.23. The molecule has 0 spiro atoms. The van der Waals surface area contributed by atoms with Gasteiger partial charge in [0.2, 0.25) is 5.91 Å². The molecule has 5 heterocycles. The maximum Gasteiger partial charge on any atom is 0.237 e. The Morgan fingerprint density at radius 3 is 2.97 bits per heavy atom. The Kier molecular flexibility index (Phi) is 5.10. The molecule has 2 bridgehead atoms. The fourth-order valence-electron chi connectivity index (χ4n) is 5.66. The summed E-state index contributed by atoms with van der Waals surface area (Å²) in [5.41, 5.74) is 2.18. The second-order valence-electron chi connectivity index (χ2n) is 8.80. The Morgan fingerprint density at radius 1 is 1.31 bits per heavy atom. The second-order valence-corrected chi connectivity index (χ2v) is 8.80. The minimum Gasteiger partial charge on any atom is -0.346 e. The number of hydrogen-bond acceptors (Lipinski definition) is 4. The van der Waals surface area contributed by atoms with Crippen molar-refractivity contribution in [3.8, 4) is 0 Å². The highest BCUT2D eigenvalue weighted by molar-refractivity contribution is 5.85. The number of pyridine rings is 1. The molecule has 4 saturated heterocycles. The van der Waals surface area contributed by atoms with Crippen LogP contribution in [0.25, 0.3) is 10.9 Å². The van der Waals surface area contributed by atoms with Crippen molar-refractivity contribution in [3.63, 3.8) is 0 Å². The van der Waals surface area contributed by atoms with Gasteiger partial charge in [-0.2, -0.15) is 0 Å². The van der Waals surface area contributed by atoms with E-state index in [9.17, 15) is 4.79 Å². The maximum atomic E-state index is 13.1. The predicted octanol–water partition coefficient (Wildman–Crippen LogP) is 3.04. The Hall–Kier alpha value is -2.24. The molecule has 1 aromatic heterocycles. The quantitative estimate of drug-likeness (QED) is 0.771. The van der Waals surface area contributed by atoms with Crippen LogP contribution < -0.4 is 10.6 Å². The highest BCUT2D eigenvalue weighted by atomic mass is 16.2. The standard InChI is InChI=1S/C24H30N4O/c1-2-16-15-28-13-10-17(16)14-22(28)23(27-24(29)21-8-5-11-25-21)19-9-12-26-20-7-4-3-6-18(19)20/h2-4,6-7,9,12,16-17,21-23,25H,1,5,8,10-11,13-15H2,(H,27,29)/t16?,17?,21-,22-,23-/m0/s1. The molecule has 5 nitrogen and oxygen atoms in total. The molecule has 2 N–H and O–H groups in total. The van der Waals surface area contributed by atoms with Gasteiger partial charge in [0.15, 0.2) is 0 Å². The lowest BCUT2D eigenvalue weighted by atomic mass is 9.73. The predicted molar refractivity (Wildman–Crippen MR) is 115 cm³/mol. The first-order chi connectivity index (χ1) is 14.2. The molecule has 6 rings (SSSR count). The van der Waals surface area contributed by atoms with Crippen molar-refractivity contribution in [1.82, 2.24) is 20.5 Å². The van der Waals surface area contributed by atoms with Crippen LogP contribution in [0.3, 0.4) is 0 Å². The van der Waals surface area contributed by atoms with Crippen molar-refractivity contribution in [3.05, 3.63) is 54.7 Å². The van der Waals surface area contributed by atoms with Crippen LogP contribution in [0.4, 0.5) is 0 Å². The number of carbonyl (C=O) groups excluding carboxylic acids is 1. The average Bonchev–Trinajstić information content (AvgIpc) is 3.32.